The first-order chi connectivity index (χ1) is 8.70. The highest BCUT2D eigenvalue weighted by atomic mass is 16.1. The zero-order chi connectivity index (χ0) is 13.0. The van der Waals surface area contributed by atoms with Gasteiger partial charge in [-0.15, -0.1) is 5.10 Å². The van der Waals surface area contributed by atoms with E-state index in [1.54, 1.807) is 25.4 Å². The summed E-state index contributed by atoms with van der Waals surface area (Å²) in [6, 6.07) is 3.37. The summed E-state index contributed by atoms with van der Waals surface area (Å²) in [5.74, 6) is 0.363. The van der Waals surface area contributed by atoms with Crippen LogP contribution in [0.3, 0.4) is 0 Å². The Kier molecular flexibility index (Phi) is 3.46. The second-order valence-electron chi connectivity index (χ2n) is 3.49. The molecule has 2 aromatic heterocycles. The average molecular weight is 247 g/mol. The second-order valence-corrected chi connectivity index (χ2v) is 3.49. The molecule has 0 spiro atoms. The van der Waals surface area contributed by atoms with Gasteiger partial charge in [0.25, 0.3) is 11.9 Å². The van der Waals surface area contributed by atoms with Gasteiger partial charge in [-0.05, 0) is 24.3 Å². The first-order valence-corrected chi connectivity index (χ1v) is 5.45. The second kappa shape index (κ2) is 5.21. The fourth-order valence-corrected chi connectivity index (χ4v) is 1.40. The zero-order valence-electron chi connectivity index (χ0n) is 10.1. The summed E-state index contributed by atoms with van der Waals surface area (Å²) in [4.78, 5) is 17.4. The molecule has 0 saturated heterocycles. The van der Waals surface area contributed by atoms with Crippen molar-refractivity contribution >= 4 is 17.7 Å². The maximum Gasteiger partial charge on any atom is 0.270 e. The largest absolute Gasteiger partial charge is 0.370 e. The van der Waals surface area contributed by atoms with Gasteiger partial charge in [0.2, 0.25) is 0 Å². The lowest BCUT2D eigenvalue weighted by atomic mass is 10.2. The highest BCUT2D eigenvalue weighted by Crippen LogP contribution is 2.12. The van der Waals surface area contributed by atoms with Gasteiger partial charge in [-0.1, -0.05) is 5.10 Å². The van der Waals surface area contributed by atoms with Gasteiger partial charge in [-0.25, -0.2) is 4.98 Å². The maximum atomic E-state index is 12.0. The lowest BCUT2D eigenvalue weighted by Crippen LogP contribution is -2.16. The standard InChI is InChI=1S/C10H13N7O/c1-3-11-8-7(5-4-6-12-8)9(18)13-10-14-16-17(2)15-10/h4-6H,3H2,1-2H3,(H,11,12)(H,13,15,18). The average Bonchev–Trinajstić information content (AvgIpc) is 2.76. The molecule has 0 saturated carbocycles. The van der Waals surface area contributed by atoms with E-state index in [9.17, 15) is 4.79 Å². The highest BCUT2D eigenvalue weighted by molar-refractivity contribution is 6.06. The van der Waals surface area contributed by atoms with Crippen LogP contribution in [-0.2, 0) is 7.05 Å². The van der Waals surface area contributed by atoms with Gasteiger partial charge in [0.15, 0.2) is 0 Å². The van der Waals surface area contributed by atoms with Crippen molar-refractivity contribution in [2.24, 2.45) is 7.05 Å². The zero-order valence-corrected chi connectivity index (χ0v) is 10.1. The number of hydrogen-bond donors (Lipinski definition) is 2. The summed E-state index contributed by atoms with van der Waals surface area (Å²) >= 11 is 0. The van der Waals surface area contributed by atoms with Crippen LogP contribution >= 0.6 is 0 Å². The number of rotatable bonds is 4. The molecule has 2 N–H and O–H groups in total. The molecule has 18 heavy (non-hydrogen) atoms. The van der Waals surface area contributed by atoms with Gasteiger partial charge < -0.3 is 5.32 Å². The Bertz CT molecular complexity index is 551. The number of nitrogens with zero attached hydrogens (tertiary/aromatic N) is 5. The fraction of sp³-hybridized carbons (Fsp3) is 0.300. The van der Waals surface area contributed by atoms with Crippen molar-refractivity contribution in [1.82, 2.24) is 25.2 Å². The Hall–Kier alpha value is -2.51. The van der Waals surface area contributed by atoms with Crippen LogP contribution < -0.4 is 10.6 Å². The van der Waals surface area contributed by atoms with Crippen LogP contribution in [0, 0.1) is 0 Å². The van der Waals surface area contributed by atoms with Crippen molar-refractivity contribution in [3.63, 3.8) is 0 Å². The third-order valence-corrected chi connectivity index (χ3v) is 2.13. The van der Waals surface area contributed by atoms with Crippen LogP contribution in [0.5, 0.6) is 0 Å². The van der Waals surface area contributed by atoms with E-state index in [-0.39, 0.29) is 11.9 Å². The predicted molar refractivity (Wildman–Crippen MR) is 65.2 cm³/mol. The van der Waals surface area contributed by atoms with Crippen LogP contribution in [0.4, 0.5) is 11.8 Å². The van der Waals surface area contributed by atoms with Crippen molar-refractivity contribution in [3.05, 3.63) is 23.9 Å². The van der Waals surface area contributed by atoms with Crippen molar-refractivity contribution in [2.45, 2.75) is 6.92 Å². The van der Waals surface area contributed by atoms with E-state index >= 15 is 0 Å². The van der Waals surface area contributed by atoms with Crippen molar-refractivity contribution in [2.75, 3.05) is 17.2 Å². The van der Waals surface area contributed by atoms with Crippen LogP contribution in [0.2, 0.25) is 0 Å². The topological polar surface area (TPSA) is 97.6 Å². The number of tetrazole rings is 1. The molecule has 94 valence electrons. The van der Waals surface area contributed by atoms with E-state index in [2.05, 4.69) is 31.0 Å². The first kappa shape index (κ1) is 12.0. The molecule has 0 aliphatic heterocycles. The molecule has 2 heterocycles. The number of anilines is 2. The Morgan fingerprint density at radius 2 is 2.33 bits per heavy atom. The summed E-state index contributed by atoms with van der Waals surface area (Å²) < 4.78 is 0. The predicted octanol–water partition coefficient (Wildman–Crippen LogP) is 0.289. The van der Waals surface area contributed by atoms with Gasteiger partial charge in [0.1, 0.15) is 5.82 Å². The molecule has 8 heteroatoms. The highest BCUT2D eigenvalue weighted by Gasteiger charge is 2.13. The Morgan fingerprint density at radius 3 is 3.00 bits per heavy atom. The molecule has 0 aromatic carbocycles. The van der Waals surface area contributed by atoms with Crippen molar-refractivity contribution in [3.8, 4) is 0 Å². The monoisotopic (exact) mass is 247 g/mol. The van der Waals surface area contributed by atoms with Crippen LogP contribution in [0.1, 0.15) is 17.3 Å². The minimum absolute atomic E-state index is 0.161. The number of amides is 1. The number of aromatic nitrogens is 5. The van der Waals surface area contributed by atoms with E-state index in [1.807, 2.05) is 6.92 Å². The SMILES string of the molecule is CCNc1ncccc1C(=O)Nc1nnn(C)n1. The lowest BCUT2D eigenvalue weighted by Gasteiger charge is -2.07. The summed E-state index contributed by atoms with van der Waals surface area (Å²) in [5.41, 5.74) is 0.437. The quantitative estimate of drug-likeness (QED) is 0.805. The van der Waals surface area contributed by atoms with E-state index < -0.39 is 0 Å². The summed E-state index contributed by atoms with van der Waals surface area (Å²) in [7, 11) is 1.62. The Labute approximate surface area is 103 Å². The summed E-state index contributed by atoms with van der Waals surface area (Å²) in [6.07, 6.45) is 1.62. The minimum Gasteiger partial charge on any atom is -0.370 e. The van der Waals surface area contributed by atoms with Gasteiger partial charge in [0.05, 0.1) is 12.6 Å². The summed E-state index contributed by atoms with van der Waals surface area (Å²) in [6.45, 7) is 2.61. The molecule has 0 atom stereocenters. The molecular formula is C10H13N7O. The molecule has 0 aliphatic rings. The van der Waals surface area contributed by atoms with Crippen LogP contribution in [0.25, 0.3) is 0 Å². The summed E-state index contributed by atoms with van der Waals surface area (Å²) in [5, 5.41) is 16.8. The van der Waals surface area contributed by atoms with Gasteiger partial charge in [-0.3, -0.25) is 10.1 Å². The number of aryl methyl sites for hydroxylation is 1. The normalized spacial score (nSPS) is 10.1. The molecule has 0 radical (unpaired) electrons. The minimum atomic E-state index is -0.327. The lowest BCUT2D eigenvalue weighted by molar-refractivity contribution is 0.102. The third-order valence-electron chi connectivity index (χ3n) is 2.13. The number of pyridine rings is 1. The van der Waals surface area contributed by atoms with Gasteiger partial charge in [0, 0.05) is 12.7 Å². The smallest absolute Gasteiger partial charge is 0.270 e. The molecule has 0 unspecified atom stereocenters. The molecule has 0 fully saturated rings. The Balaban J connectivity index is 2.18. The van der Waals surface area contributed by atoms with Crippen LogP contribution in [-0.4, -0.2) is 37.6 Å². The van der Waals surface area contributed by atoms with Crippen molar-refractivity contribution in [1.29, 1.82) is 0 Å². The number of carbonyl (C=O) groups excluding carboxylic acids is 1. The molecule has 8 nitrogen and oxygen atoms in total. The molecule has 0 aliphatic carbocycles. The van der Waals surface area contributed by atoms with Crippen LogP contribution in [0.15, 0.2) is 18.3 Å². The fourth-order valence-electron chi connectivity index (χ4n) is 1.40. The van der Waals surface area contributed by atoms with E-state index in [4.69, 9.17) is 0 Å². The molecule has 2 rings (SSSR count). The number of carbonyl (C=O) groups is 1. The number of hydrogen-bond acceptors (Lipinski definition) is 6. The molecule has 1 amide bonds. The van der Waals surface area contributed by atoms with Gasteiger partial charge >= 0.3 is 0 Å². The number of nitrogens with one attached hydrogen (secondary N) is 2. The maximum absolute atomic E-state index is 12.0. The molecular weight excluding hydrogens is 234 g/mol. The first-order valence-electron chi connectivity index (χ1n) is 5.45. The van der Waals surface area contributed by atoms with E-state index in [1.165, 1.54) is 4.80 Å². The molecule has 0 bridgehead atoms. The Morgan fingerprint density at radius 1 is 1.50 bits per heavy atom. The van der Waals surface area contributed by atoms with Crippen molar-refractivity contribution < 1.29 is 4.79 Å². The van der Waals surface area contributed by atoms with Gasteiger partial charge in [-0.2, -0.15) is 4.80 Å². The molecule has 2 aromatic rings. The third kappa shape index (κ3) is 2.59. The van der Waals surface area contributed by atoms with E-state index in [0.717, 1.165) is 0 Å². The van der Waals surface area contributed by atoms with E-state index in [0.29, 0.717) is 17.9 Å².